The Kier molecular flexibility index (Phi) is 4.10. The lowest BCUT2D eigenvalue weighted by molar-refractivity contribution is 0.792. The van der Waals surface area contributed by atoms with E-state index in [1.807, 2.05) is 0 Å². The Morgan fingerprint density at radius 3 is 1.24 bits per heavy atom. The highest BCUT2D eigenvalue weighted by atomic mass is 79.9. The zero-order chi connectivity index (χ0) is 19.9. The summed E-state index contributed by atoms with van der Waals surface area (Å²) >= 11 is 15.0. The molecule has 0 N–H and O–H groups in total. The van der Waals surface area contributed by atoms with Crippen molar-refractivity contribution < 1.29 is 0 Å². The number of halogens is 4. The second-order valence-corrected chi connectivity index (χ2v) is 10.9. The lowest BCUT2D eigenvalue weighted by Crippen LogP contribution is -2.25. The zero-order valence-corrected chi connectivity index (χ0v) is 21.3. The van der Waals surface area contributed by atoms with Gasteiger partial charge >= 0.3 is 0 Å². The maximum absolute atomic E-state index is 3.77. The normalized spacial score (nSPS) is 14.5. The zero-order valence-electron chi connectivity index (χ0n) is 14.9. The van der Waals surface area contributed by atoms with Gasteiger partial charge in [0.05, 0.1) is 5.41 Å². The van der Waals surface area contributed by atoms with E-state index in [1.165, 1.54) is 44.5 Å². The molecule has 0 aliphatic heterocycles. The van der Waals surface area contributed by atoms with E-state index in [-0.39, 0.29) is 5.41 Å². The average molecular weight is 632 g/mol. The van der Waals surface area contributed by atoms with Crippen LogP contribution in [0.1, 0.15) is 22.3 Å². The van der Waals surface area contributed by atoms with Gasteiger partial charge in [-0.1, -0.05) is 48.5 Å². The van der Waals surface area contributed by atoms with Gasteiger partial charge in [-0.15, -0.1) is 0 Å². The van der Waals surface area contributed by atoms with Crippen molar-refractivity contribution in [1.82, 2.24) is 0 Å². The molecule has 4 aromatic carbocycles. The maximum Gasteiger partial charge on any atom is 0.0726 e. The fourth-order valence-electron chi connectivity index (χ4n) is 5.12. The third-order valence-corrected chi connectivity index (χ3v) is 9.86. The first-order valence-electron chi connectivity index (χ1n) is 9.22. The molecule has 0 bridgehead atoms. The van der Waals surface area contributed by atoms with Crippen LogP contribution in [0.15, 0.2) is 90.7 Å². The van der Waals surface area contributed by atoms with Crippen molar-refractivity contribution in [2.75, 3.05) is 0 Å². The third-order valence-electron chi connectivity index (χ3n) is 6.17. The Hall–Kier alpha value is -1.20. The first-order chi connectivity index (χ1) is 14.0. The molecule has 6 rings (SSSR count). The fraction of sp³-hybridized carbons (Fsp3) is 0.0400. The first-order valence-corrected chi connectivity index (χ1v) is 12.4. The molecule has 0 aromatic heterocycles. The first kappa shape index (κ1) is 18.6. The van der Waals surface area contributed by atoms with Crippen molar-refractivity contribution >= 4 is 63.7 Å². The molecule has 4 heteroatoms. The summed E-state index contributed by atoms with van der Waals surface area (Å²) in [6.07, 6.45) is 0. The second kappa shape index (κ2) is 6.40. The summed E-state index contributed by atoms with van der Waals surface area (Å²) in [5.74, 6) is 0. The van der Waals surface area contributed by atoms with Gasteiger partial charge in [-0.3, -0.25) is 0 Å². The second-order valence-electron chi connectivity index (χ2n) is 7.46. The quantitative estimate of drug-likeness (QED) is 0.157. The van der Waals surface area contributed by atoms with Crippen LogP contribution in [0.5, 0.6) is 0 Å². The van der Waals surface area contributed by atoms with E-state index >= 15 is 0 Å². The summed E-state index contributed by atoms with van der Waals surface area (Å²) in [7, 11) is 0. The van der Waals surface area contributed by atoms with Crippen LogP contribution in [0.4, 0.5) is 0 Å². The van der Waals surface area contributed by atoms with Crippen LogP contribution in [0, 0.1) is 0 Å². The van der Waals surface area contributed by atoms with E-state index in [4.69, 9.17) is 0 Å². The highest BCUT2D eigenvalue weighted by Crippen LogP contribution is 2.64. The van der Waals surface area contributed by atoms with Crippen molar-refractivity contribution in [2.45, 2.75) is 5.41 Å². The molecule has 0 heterocycles. The van der Waals surface area contributed by atoms with Gasteiger partial charge in [0.15, 0.2) is 0 Å². The van der Waals surface area contributed by atoms with Crippen molar-refractivity contribution in [1.29, 1.82) is 0 Å². The van der Waals surface area contributed by atoms with Gasteiger partial charge in [0, 0.05) is 17.9 Å². The van der Waals surface area contributed by atoms with Gasteiger partial charge in [0.25, 0.3) is 0 Å². The Balaban J connectivity index is 1.88. The summed E-state index contributed by atoms with van der Waals surface area (Å²) in [6, 6.07) is 26.8. The molecule has 0 saturated carbocycles. The molecule has 2 aliphatic rings. The highest BCUT2D eigenvalue weighted by Gasteiger charge is 2.52. The summed E-state index contributed by atoms with van der Waals surface area (Å²) < 4.78 is 4.28. The largest absolute Gasteiger partial charge is 0.0726 e. The molecule has 2 aliphatic carbocycles. The van der Waals surface area contributed by atoms with Crippen LogP contribution in [0.2, 0.25) is 0 Å². The molecule has 0 amide bonds. The van der Waals surface area contributed by atoms with Crippen LogP contribution in [-0.2, 0) is 5.41 Å². The minimum absolute atomic E-state index is 0.315. The predicted molar refractivity (Wildman–Crippen MR) is 134 cm³/mol. The molecule has 29 heavy (non-hydrogen) atoms. The van der Waals surface area contributed by atoms with E-state index in [0.29, 0.717) is 0 Å². The van der Waals surface area contributed by atoms with Crippen LogP contribution in [-0.4, -0.2) is 0 Å². The van der Waals surface area contributed by atoms with E-state index < -0.39 is 0 Å². The van der Waals surface area contributed by atoms with Crippen LogP contribution >= 0.6 is 63.7 Å². The number of benzene rings is 4. The molecule has 140 valence electrons. The van der Waals surface area contributed by atoms with Gasteiger partial charge in [0.1, 0.15) is 0 Å². The van der Waals surface area contributed by atoms with Crippen LogP contribution in [0.3, 0.4) is 0 Å². The standard InChI is InChI=1S/C25H12Br4/c26-21-9-15-16-10-22(27)24(29)12-20(16)25(19(15)11-23(21)28)17-7-3-1-5-13(17)14-6-2-4-8-18(14)25/h1-12H. The molecule has 0 atom stereocenters. The Labute approximate surface area is 202 Å². The molecule has 1 spiro atoms. The van der Waals surface area contributed by atoms with Gasteiger partial charge < -0.3 is 0 Å². The predicted octanol–water partition coefficient (Wildman–Crippen LogP) is 9.08. The van der Waals surface area contributed by atoms with Crippen molar-refractivity contribution in [3.8, 4) is 22.3 Å². The molecule has 0 saturated heterocycles. The number of hydrogen-bond donors (Lipinski definition) is 0. The summed E-state index contributed by atoms with van der Waals surface area (Å²) in [5, 5.41) is 0. The van der Waals surface area contributed by atoms with E-state index in [9.17, 15) is 0 Å². The molecular formula is C25H12Br4. The van der Waals surface area contributed by atoms with Crippen LogP contribution < -0.4 is 0 Å². The van der Waals surface area contributed by atoms with E-state index in [2.05, 4.69) is 137 Å². The Morgan fingerprint density at radius 2 is 0.793 bits per heavy atom. The lowest BCUT2D eigenvalue weighted by atomic mass is 9.70. The lowest BCUT2D eigenvalue weighted by Gasteiger charge is -2.30. The molecule has 0 fully saturated rings. The van der Waals surface area contributed by atoms with E-state index in [0.717, 1.165) is 17.9 Å². The average Bonchev–Trinajstić information content (AvgIpc) is 3.16. The van der Waals surface area contributed by atoms with Gasteiger partial charge in [-0.25, -0.2) is 0 Å². The highest BCUT2D eigenvalue weighted by molar-refractivity contribution is 9.13. The van der Waals surface area contributed by atoms with Gasteiger partial charge in [-0.2, -0.15) is 0 Å². The number of fused-ring (bicyclic) bond motifs is 10. The van der Waals surface area contributed by atoms with Crippen molar-refractivity contribution in [3.05, 3.63) is 113 Å². The van der Waals surface area contributed by atoms with E-state index in [1.54, 1.807) is 0 Å². The van der Waals surface area contributed by atoms with Gasteiger partial charge in [0.2, 0.25) is 0 Å². The number of rotatable bonds is 0. The minimum atomic E-state index is -0.315. The third kappa shape index (κ3) is 2.29. The minimum Gasteiger partial charge on any atom is -0.0619 e. The van der Waals surface area contributed by atoms with Crippen LogP contribution in [0.25, 0.3) is 22.3 Å². The summed E-state index contributed by atoms with van der Waals surface area (Å²) in [4.78, 5) is 0. The maximum atomic E-state index is 3.77. The SMILES string of the molecule is Brc1cc2c(cc1Br)C1(c3ccccc3-c3ccccc31)c1cc(Br)c(Br)cc1-2. The fourth-order valence-corrected chi connectivity index (χ4v) is 6.49. The molecule has 4 aromatic rings. The van der Waals surface area contributed by atoms with Crippen molar-refractivity contribution in [2.24, 2.45) is 0 Å². The molecular weight excluding hydrogens is 620 g/mol. The monoisotopic (exact) mass is 628 g/mol. The molecule has 0 unspecified atom stereocenters. The Morgan fingerprint density at radius 1 is 0.414 bits per heavy atom. The van der Waals surface area contributed by atoms with Crippen molar-refractivity contribution in [3.63, 3.8) is 0 Å². The molecule has 0 radical (unpaired) electrons. The Bertz CT molecular complexity index is 1250. The topological polar surface area (TPSA) is 0 Å². The van der Waals surface area contributed by atoms with Gasteiger partial charge in [-0.05, 0) is 132 Å². The summed E-state index contributed by atoms with van der Waals surface area (Å²) in [5.41, 5.74) is 10.2. The smallest absolute Gasteiger partial charge is 0.0619 e. The number of hydrogen-bond acceptors (Lipinski definition) is 0. The summed E-state index contributed by atoms with van der Waals surface area (Å²) in [6.45, 7) is 0. The molecule has 0 nitrogen and oxygen atoms in total.